The Kier molecular flexibility index (Phi) is 24.2. The van der Waals surface area contributed by atoms with Crippen molar-refractivity contribution >= 4 is 37.1 Å². The maximum absolute atomic E-state index is 12.8. The number of hydrogen-bond acceptors (Lipinski definition) is 8. The number of rotatable bonds is 9. The standard InChI is InChI=1S/C21H20N2O2S.C10H16O3.C10H14O3.C10H14.CH3.ClH.Ru/c1-16-12-14-19(15-13-16)26(24,25)23-21(18-10-6-3-7-11-18)20(22)17-8-4-2-5-9-17;2*1-6-8(13-4)7(11)5-10(2,3)9(6)12;1-8(2)10-6-4-9(3)5-7-10;;;/h2-15,20-22H,1H3;7,11H,5H2,1-4H3;5H2,1-4H3;4-8H,1-3H3;1H3;1H;/q-2;;;;-1;;+4/p-1/t20-,21-;7-;;;;;/m00...../s1. The van der Waals surface area contributed by atoms with Crippen molar-refractivity contribution in [3.8, 4) is 0 Å². The first-order valence-corrected chi connectivity index (χ1v) is 24.5. The molecule has 65 heavy (non-hydrogen) atoms. The number of aryl methyl sites for hydroxylation is 2. The summed E-state index contributed by atoms with van der Waals surface area (Å²) >= 11 is 1.82. The quantitative estimate of drug-likeness (QED) is 0.128. The number of carbonyl (C=O) groups excluding carboxylic acids is 3. The van der Waals surface area contributed by atoms with Crippen LogP contribution in [0.25, 0.3) is 10.5 Å². The van der Waals surface area contributed by atoms with E-state index < -0.39 is 39.0 Å². The molecule has 2 aliphatic rings. The van der Waals surface area contributed by atoms with Crippen LogP contribution in [0.15, 0.2) is 137 Å². The molecule has 2 N–H and O–H groups in total. The number of hydrogen-bond donors (Lipinski definition) is 1. The van der Waals surface area contributed by atoms with Gasteiger partial charge in [0.05, 0.1) is 14.2 Å². The number of allylic oxidation sites excluding steroid dienone is 3. The molecule has 0 bridgehead atoms. The van der Waals surface area contributed by atoms with Gasteiger partial charge >= 0.3 is 27.0 Å². The average molecular weight is 1020 g/mol. The SMILES string of the molecule is COC1=C(C)C(=O)C(C)(C)CC1=O.COC1=C(C)C(=O)C(C)(C)C[C@@H]1O.Cc1ccc(C(C)C)cc1.Cc1ccc(S(=O)(=O)[N-][C@@H](c2ccccc2)[C@@H]([NH-])c2ccccc2)cc1.[CH3-].[Cl][Ru+3]. The normalized spacial score (nSPS) is 17.2. The number of methoxy groups -OCH3 is 2. The van der Waals surface area contributed by atoms with Crippen molar-refractivity contribution in [2.45, 2.75) is 111 Å². The molecular weight excluding hydrogens is 949 g/mol. The number of aliphatic hydroxyl groups is 1. The summed E-state index contributed by atoms with van der Waals surface area (Å²) in [4.78, 5) is 35.0. The number of Topliss-reactive ketones (excluding diaryl/α,β-unsaturated/α-hetero) is 3. The minimum absolute atomic E-state index is 0. The van der Waals surface area contributed by atoms with E-state index in [1.165, 1.54) is 25.3 Å². The molecule has 0 amide bonds. The van der Waals surface area contributed by atoms with Crippen molar-refractivity contribution in [1.29, 1.82) is 0 Å². The molecule has 2 aliphatic carbocycles. The summed E-state index contributed by atoms with van der Waals surface area (Å²) in [6.45, 7) is 19.0. The number of nitrogens with one attached hydrogen (secondary N) is 1. The molecule has 4 aromatic carbocycles. The Morgan fingerprint density at radius 3 is 1.58 bits per heavy atom. The van der Waals surface area contributed by atoms with Gasteiger partial charge in [-0.25, -0.2) is 8.42 Å². The Morgan fingerprint density at radius 2 is 1.14 bits per heavy atom. The van der Waals surface area contributed by atoms with E-state index >= 15 is 0 Å². The third-order valence-electron chi connectivity index (χ3n) is 10.8. The van der Waals surface area contributed by atoms with Crippen molar-refractivity contribution in [3.63, 3.8) is 0 Å². The van der Waals surface area contributed by atoms with Crippen LogP contribution in [-0.2, 0) is 51.2 Å². The predicted molar refractivity (Wildman–Crippen MR) is 259 cm³/mol. The van der Waals surface area contributed by atoms with Crippen LogP contribution in [0, 0.1) is 32.1 Å². The molecule has 354 valence electrons. The van der Waals surface area contributed by atoms with Gasteiger partial charge in [-0.15, -0.1) is 12.1 Å². The predicted octanol–water partition coefficient (Wildman–Crippen LogP) is 12.6. The van der Waals surface area contributed by atoms with Crippen LogP contribution in [0.2, 0.25) is 0 Å². The number of ether oxygens (including phenoxy) is 2. The van der Waals surface area contributed by atoms with E-state index in [1.54, 1.807) is 52.0 Å². The average Bonchev–Trinajstić information content (AvgIpc) is 3.26. The first-order chi connectivity index (χ1) is 30.0. The van der Waals surface area contributed by atoms with Crippen LogP contribution in [0.5, 0.6) is 0 Å². The van der Waals surface area contributed by atoms with Gasteiger partial charge in [-0.3, -0.25) is 14.4 Å². The number of nitrogens with zero attached hydrogens (tertiary/aromatic N) is 1. The van der Waals surface area contributed by atoms with Crippen LogP contribution >= 0.6 is 9.69 Å². The molecule has 0 heterocycles. The molecule has 0 unspecified atom stereocenters. The number of ketones is 3. The Morgan fingerprint density at radius 1 is 0.692 bits per heavy atom. The Labute approximate surface area is 403 Å². The topological polar surface area (TPSA) is 162 Å². The van der Waals surface area contributed by atoms with Crippen molar-refractivity contribution in [1.82, 2.24) is 0 Å². The molecule has 13 heteroatoms. The van der Waals surface area contributed by atoms with Gasteiger partial charge in [-0.05, 0) is 57.7 Å². The second-order valence-corrected chi connectivity index (χ2v) is 18.9. The van der Waals surface area contributed by atoms with Gasteiger partial charge in [0.25, 0.3) is 0 Å². The molecule has 0 aliphatic heterocycles. The second kappa shape index (κ2) is 26.8. The van der Waals surface area contributed by atoms with Crippen molar-refractivity contribution in [3.05, 3.63) is 178 Å². The zero-order valence-electron chi connectivity index (χ0n) is 40.0. The van der Waals surface area contributed by atoms with Crippen LogP contribution < -0.4 is 0 Å². The van der Waals surface area contributed by atoms with Crippen molar-refractivity contribution in [2.24, 2.45) is 10.8 Å². The van der Waals surface area contributed by atoms with Crippen LogP contribution in [-0.4, -0.2) is 51.2 Å². The number of halogens is 1. The fourth-order valence-electron chi connectivity index (χ4n) is 7.16. The molecule has 0 aromatic heterocycles. The molecule has 0 spiro atoms. The summed E-state index contributed by atoms with van der Waals surface area (Å²) < 4.78 is 39.6. The van der Waals surface area contributed by atoms with Gasteiger partial charge in [0.2, 0.25) is 0 Å². The first kappa shape index (κ1) is 58.7. The second-order valence-electron chi connectivity index (χ2n) is 17.3. The molecule has 10 nitrogen and oxygen atoms in total. The Bertz CT molecular complexity index is 2310. The fourth-order valence-corrected chi connectivity index (χ4v) is 8.30. The Balaban J connectivity index is 0.000000460. The third-order valence-corrected chi connectivity index (χ3v) is 12.2. The first-order valence-electron chi connectivity index (χ1n) is 20.8. The molecule has 0 saturated carbocycles. The van der Waals surface area contributed by atoms with E-state index in [4.69, 9.17) is 15.2 Å². The van der Waals surface area contributed by atoms with Crippen LogP contribution in [0.1, 0.15) is 114 Å². The summed E-state index contributed by atoms with van der Waals surface area (Å²) in [5, 5.41) is 9.66. The van der Waals surface area contributed by atoms with E-state index in [2.05, 4.69) is 59.4 Å². The molecule has 0 fully saturated rings. The monoisotopic (exact) mass is 1020 g/mol. The molecule has 0 radical (unpaired) electrons. The minimum atomic E-state index is -3.87. The summed E-state index contributed by atoms with van der Waals surface area (Å²) in [7, 11) is 3.60. The van der Waals surface area contributed by atoms with Crippen LogP contribution in [0.3, 0.4) is 0 Å². The van der Waals surface area contributed by atoms with Gasteiger partial charge in [0.1, 0.15) is 21.9 Å². The molecular formula is C52H67ClN2O8RuS. The van der Waals surface area contributed by atoms with Crippen molar-refractivity contribution < 1.29 is 54.7 Å². The number of aliphatic hydroxyl groups excluding tert-OH is 1. The summed E-state index contributed by atoms with van der Waals surface area (Å²) in [5.74, 6) is 1.29. The molecule has 6 rings (SSSR count). The summed E-state index contributed by atoms with van der Waals surface area (Å²) in [5.41, 5.74) is 13.8. The van der Waals surface area contributed by atoms with Crippen molar-refractivity contribution in [2.75, 3.05) is 14.2 Å². The van der Waals surface area contributed by atoms with E-state index in [9.17, 15) is 27.9 Å². The van der Waals surface area contributed by atoms with Gasteiger partial charge in [0, 0.05) is 33.3 Å². The molecule has 0 saturated heterocycles. The van der Waals surface area contributed by atoms with Gasteiger partial charge in [-0.2, -0.15) is 0 Å². The van der Waals surface area contributed by atoms with Gasteiger partial charge in [0.15, 0.2) is 23.1 Å². The number of sulfonamides is 1. The number of benzene rings is 4. The van der Waals surface area contributed by atoms with E-state index in [0.29, 0.717) is 34.8 Å². The molecule has 3 atom stereocenters. The zero-order chi connectivity index (χ0) is 48.6. The third kappa shape index (κ3) is 16.8. The van der Waals surface area contributed by atoms with E-state index in [0.717, 1.165) is 11.1 Å². The molecule has 4 aromatic rings. The zero-order valence-corrected chi connectivity index (χ0v) is 43.3. The van der Waals surface area contributed by atoms with E-state index in [1.807, 2.05) is 98.7 Å². The van der Waals surface area contributed by atoms with Gasteiger partial charge in [-0.1, -0.05) is 161 Å². The Hall–Kier alpha value is -4.29. The summed E-state index contributed by atoms with van der Waals surface area (Å²) in [6, 6.07) is 32.0. The maximum atomic E-state index is 12.8. The number of carbonyl (C=O) groups is 3. The van der Waals surface area contributed by atoms with Gasteiger partial charge < -0.3 is 32.5 Å². The van der Waals surface area contributed by atoms with E-state index in [-0.39, 0.29) is 41.9 Å². The van der Waals surface area contributed by atoms with Crippen LogP contribution in [0.4, 0.5) is 0 Å². The fraction of sp³-hybridized carbons (Fsp3) is 0.385. The summed E-state index contributed by atoms with van der Waals surface area (Å²) in [6.07, 6.45) is 0.0382.